The molecule has 0 saturated carbocycles. The minimum absolute atomic E-state index is 0. The third-order valence-corrected chi connectivity index (χ3v) is 0. The van der Waals surface area contributed by atoms with Gasteiger partial charge in [-0.1, -0.05) is 6.75 Å². The first kappa shape index (κ1) is 4.38. The van der Waals surface area contributed by atoms with Crippen molar-refractivity contribution in [2.45, 2.75) is 6.75 Å². The van der Waals surface area contributed by atoms with Gasteiger partial charge in [-0.2, -0.15) is 0 Å². The van der Waals surface area contributed by atoms with Crippen LogP contribution in [0, 0.1) is 0 Å². The van der Waals surface area contributed by atoms with Gasteiger partial charge in [0.1, 0.15) is 0 Å². The monoisotopic (exact) mass is 126 g/mol. The first-order chi connectivity index (χ1) is 3.25. The molecule has 0 unspecified atom stereocenters. The summed E-state index contributed by atoms with van der Waals surface area (Å²) in [5.74, 6) is 0. The van der Waals surface area contributed by atoms with Crippen molar-refractivity contribution >= 4 is 6.98 Å². The van der Waals surface area contributed by atoms with Crippen molar-refractivity contribution in [1.29, 1.82) is 0 Å². The van der Waals surface area contributed by atoms with Gasteiger partial charge in [-0.3, -0.25) is 0 Å². The maximum atomic E-state index is 11.1. The Morgan fingerprint density at radius 1 is 1.50 bits per heavy atom. The zero-order valence-corrected chi connectivity index (χ0v) is 6.33. The van der Waals surface area contributed by atoms with Crippen molar-refractivity contribution in [3.63, 3.8) is 0 Å². The van der Waals surface area contributed by atoms with Crippen LogP contribution in [0.25, 0.3) is 0 Å². The predicted molar refractivity (Wildman–Crippen MR) is 14.9 cm³/mol. The molecule has 0 bridgehead atoms. The predicted octanol–water partition coefficient (Wildman–Crippen LogP) is -1.53. The van der Waals surface area contributed by atoms with E-state index >= 15 is 0 Å². The van der Waals surface area contributed by atoms with Crippen LogP contribution in [0.2, 0.25) is 6.75 Å². The Morgan fingerprint density at radius 3 is 1.67 bits per heavy atom. The van der Waals surface area contributed by atoms with Gasteiger partial charge >= 0.3 is 58.4 Å². The molecule has 6 heavy (non-hydrogen) atoms. The van der Waals surface area contributed by atoms with E-state index in [4.69, 9.17) is 4.11 Å². The van der Waals surface area contributed by atoms with Crippen LogP contribution in [-0.4, -0.2) is 6.98 Å². The molecule has 0 heterocycles. The Hall–Kier alpha value is 1.49. The molecule has 0 nitrogen and oxygen atoms in total. The van der Waals surface area contributed by atoms with Crippen LogP contribution in [0.4, 0.5) is 12.9 Å². The summed E-state index contributed by atoms with van der Waals surface area (Å²) >= 11 is 0. The third-order valence-electron chi connectivity index (χ3n) is 0. The minimum atomic E-state index is -5.65. The molecule has 0 rings (SSSR count). The van der Waals surface area contributed by atoms with Crippen LogP contribution in [0.1, 0.15) is 4.11 Å². The van der Waals surface area contributed by atoms with Gasteiger partial charge in [0.2, 0.25) is 0 Å². The van der Waals surface area contributed by atoms with E-state index in [0.717, 1.165) is 0 Å². The van der Waals surface area contributed by atoms with Crippen LogP contribution in [0.3, 0.4) is 0 Å². The van der Waals surface area contributed by atoms with Gasteiger partial charge in [0.15, 0.2) is 0 Å². The second-order valence-electron chi connectivity index (χ2n) is 0.575. The van der Waals surface area contributed by atoms with E-state index in [2.05, 4.69) is 0 Å². The fourth-order valence-electron chi connectivity index (χ4n) is 0. The minimum Gasteiger partial charge on any atom is -0.449 e. The van der Waals surface area contributed by atoms with Crippen molar-refractivity contribution in [1.82, 2.24) is 0 Å². The molecule has 0 radical (unpaired) electrons. The van der Waals surface area contributed by atoms with Crippen molar-refractivity contribution in [2.24, 2.45) is 0 Å². The van der Waals surface area contributed by atoms with E-state index in [1.165, 1.54) is 0 Å². The van der Waals surface area contributed by atoms with Crippen LogP contribution >= 0.6 is 0 Å². The standard InChI is InChI=1S/CH3BF3.K/c1-2(3,4)5;/h1H3;/q-1;+1/i1+1D3;. The molecule has 0 spiro atoms. The molecule has 0 saturated heterocycles. The van der Waals surface area contributed by atoms with Crippen LogP contribution in [0.15, 0.2) is 0 Å². The van der Waals surface area contributed by atoms with Crippen molar-refractivity contribution in [3.05, 3.63) is 0 Å². The molecule has 0 atom stereocenters. The number of hydrogen-bond donors (Lipinski definition) is 0. The fourth-order valence-corrected chi connectivity index (χ4v) is 0. The molecule has 0 N–H and O–H groups in total. The van der Waals surface area contributed by atoms with E-state index in [1.54, 1.807) is 0 Å². The Labute approximate surface area is 81.2 Å². The van der Waals surface area contributed by atoms with Gasteiger partial charge in [0, 0.05) is 0 Å². The van der Waals surface area contributed by atoms with Gasteiger partial charge in [0.25, 0.3) is 0 Å². The van der Waals surface area contributed by atoms with Gasteiger partial charge < -0.3 is 12.9 Å². The Bertz CT molecular complexity index is 74.0. The molecule has 0 aliphatic rings. The van der Waals surface area contributed by atoms with Gasteiger partial charge in [-0.25, -0.2) is 0 Å². The third kappa shape index (κ3) is 49.8. The molecule has 5 heteroatoms. The van der Waals surface area contributed by atoms with E-state index in [1.807, 2.05) is 0 Å². The zero-order chi connectivity index (χ0) is 7.00. The quantitative estimate of drug-likeness (QED) is 0.273. The normalized spacial score (nSPS) is 19.5. The molecule has 0 fully saturated rings. The van der Waals surface area contributed by atoms with Crippen LogP contribution < -0.4 is 51.4 Å². The summed E-state index contributed by atoms with van der Waals surface area (Å²) in [5, 5.41) is 0. The zero-order valence-electron chi connectivity index (χ0n) is 6.21. The molecular formula is CH3BF3K. The fraction of sp³-hybridized carbons (Fsp3) is 1.00. The smallest absolute Gasteiger partial charge is 0.449 e. The summed E-state index contributed by atoms with van der Waals surface area (Å²) in [6.07, 6.45) is 0. The van der Waals surface area contributed by atoms with E-state index in [9.17, 15) is 12.9 Å². The molecule has 0 aromatic carbocycles. The Morgan fingerprint density at radius 2 is 1.67 bits per heavy atom. The van der Waals surface area contributed by atoms with Gasteiger partial charge in [0.05, 0.1) is 0 Å². The summed E-state index contributed by atoms with van der Waals surface area (Å²) in [7, 11) is 0. The average molecular weight is 126 g/mol. The Balaban J connectivity index is 0. The average Bonchev–Trinajstić information content (AvgIpc) is 1.25. The molecule has 0 aliphatic heterocycles. The van der Waals surface area contributed by atoms with Crippen LogP contribution in [0.5, 0.6) is 0 Å². The van der Waals surface area contributed by atoms with E-state index < -0.39 is 13.7 Å². The second kappa shape index (κ2) is 3.49. The topological polar surface area (TPSA) is 0 Å². The summed E-state index contributed by atoms with van der Waals surface area (Å²) in [5.41, 5.74) is 0. The summed E-state index contributed by atoms with van der Waals surface area (Å²) in [6, 6.07) is 0. The second-order valence-corrected chi connectivity index (χ2v) is 0.575. The van der Waals surface area contributed by atoms with Crippen molar-refractivity contribution < 1.29 is 68.4 Å². The summed E-state index contributed by atoms with van der Waals surface area (Å²) in [6.45, 7) is -9.40. The number of rotatable bonds is 0. The molecule has 32 valence electrons. The summed E-state index contributed by atoms with van der Waals surface area (Å²) < 4.78 is 50.6. The SMILES string of the molecule is [2H][13C]([2H])([2H])[B-](F)(F)F.[K+]. The van der Waals surface area contributed by atoms with Crippen LogP contribution in [-0.2, 0) is 0 Å². The van der Waals surface area contributed by atoms with E-state index in [-0.39, 0.29) is 51.4 Å². The first-order valence-electron chi connectivity index (χ1n) is 2.44. The molecule has 0 aliphatic carbocycles. The van der Waals surface area contributed by atoms with Crippen molar-refractivity contribution in [3.8, 4) is 0 Å². The maximum Gasteiger partial charge on any atom is 1.00 e. The summed E-state index contributed by atoms with van der Waals surface area (Å²) in [4.78, 5) is 0. The van der Waals surface area contributed by atoms with Gasteiger partial charge in [-0.05, 0) is 4.11 Å². The maximum absolute atomic E-state index is 11.1. The van der Waals surface area contributed by atoms with Crippen molar-refractivity contribution in [2.75, 3.05) is 0 Å². The number of hydrogen-bond acceptors (Lipinski definition) is 0. The molecular weight excluding hydrogens is 120 g/mol. The largest absolute Gasteiger partial charge is 1.00 e. The Kier molecular flexibility index (Phi) is 2.55. The molecule has 0 amide bonds. The first-order valence-corrected chi connectivity index (χ1v) is 0.943. The number of halogens is 3. The van der Waals surface area contributed by atoms with Gasteiger partial charge in [-0.15, -0.1) is 0 Å². The molecule has 0 aromatic rings. The van der Waals surface area contributed by atoms with E-state index in [0.29, 0.717) is 0 Å². The molecule has 0 aromatic heterocycles.